The summed E-state index contributed by atoms with van der Waals surface area (Å²) in [5, 5.41) is 0. The Kier molecular flexibility index (Phi) is 4.68. The Labute approximate surface area is 109 Å². The Bertz CT molecular complexity index is 421. The van der Waals surface area contributed by atoms with Crippen molar-refractivity contribution in [1.29, 1.82) is 0 Å². The predicted molar refractivity (Wildman–Crippen MR) is 73.6 cm³/mol. The van der Waals surface area contributed by atoms with Gasteiger partial charge in [0.1, 0.15) is 0 Å². The maximum absolute atomic E-state index is 5.38. The van der Waals surface area contributed by atoms with Crippen LogP contribution in [0.15, 0.2) is 33.9 Å². The van der Waals surface area contributed by atoms with Crippen LogP contribution in [0.3, 0.4) is 0 Å². The fourth-order valence-electron chi connectivity index (χ4n) is 2.24. The van der Waals surface area contributed by atoms with E-state index in [-0.39, 0.29) is 0 Å². The van der Waals surface area contributed by atoms with Gasteiger partial charge in [-0.2, -0.15) is 0 Å². The Morgan fingerprint density at radius 2 is 1.17 bits per heavy atom. The average molecular weight is 246 g/mol. The third-order valence-electron chi connectivity index (χ3n) is 3.37. The third-order valence-corrected chi connectivity index (χ3v) is 3.37. The van der Waals surface area contributed by atoms with E-state index in [1.54, 1.807) is 0 Å². The number of rotatable bonds is 7. The molecule has 2 aromatic rings. The molecule has 0 atom stereocenters. The number of furan rings is 2. The van der Waals surface area contributed by atoms with E-state index in [0.29, 0.717) is 0 Å². The molecule has 98 valence electrons. The van der Waals surface area contributed by atoms with Gasteiger partial charge in [0.05, 0.1) is 25.1 Å². The lowest BCUT2D eigenvalue weighted by Gasteiger charge is -2.03. The second-order valence-electron chi connectivity index (χ2n) is 4.83. The van der Waals surface area contributed by atoms with E-state index in [1.165, 1.54) is 47.9 Å². The molecular formula is C16H22O2. The van der Waals surface area contributed by atoms with Crippen LogP contribution in [0.2, 0.25) is 0 Å². The van der Waals surface area contributed by atoms with Crippen LogP contribution in [0, 0.1) is 0 Å². The molecule has 0 spiro atoms. The summed E-state index contributed by atoms with van der Waals surface area (Å²) in [6, 6.07) is 0. The van der Waals surface area contributed by atoms with Crippen LogP contribution < -0.4 is 0 Å². The lowest BCUT2D eigenvalue weighted by atomic mass is 9.98. The van der Waals surface area contributed by atoms with Crippen molar-refractivity contribution in [3.63, 3.8) is 0 Å². The van der Waals surface area contributed by atoms with Gasteiger partial charge in [-0.1, -0.05) is 26.7 Å². The largest absolute Gasteiger partial charge is 0.472 e. The van der Waals surface area contributed by atoms with Gasteiger partial charge >= 0.3 is 0 Å². The van der Waals surface area contributed by atoms with Crippen LogP contribution >= 0.6 is 0 Å². The highest BCUT2D eigenvalue weighted by molar-refractivity contribution is 5.68. The topological polar surface area (TPSA) is 26.3 Å². The molecule has 0 saturated heterocycles. The van der Waals surface area contributed by atoms with Crippen molar-refractivity contribution in [1.82, 2.24) is 0 Å². The molecule has 2 heterocycles. The lowest BCUT2D eigenvalue weighted by Crippen LogP contribution is -1.89. The Balaban J connectivity index is 2.20. The second kappa shape index (κ2) is 6.48. The summed E-state index contributed by atoms with van der Waals surface area (Å²) in [7, 11) is 0. The fourth-order valence-corrected chi connectivity index (χ4v) is 2.24. The molecule has 0 unspecified atom stereocenters. The zero-order valence-electron chi connectivity index (χ0n) is 11.4. The molecule has 0 aliphatic carbocycles. The van der Waals surface area contributed by atoms with E-state index in [4.69, 9.17) is 8.83 Å². The molecule has 2 nitrogen and oxygen atoms in total. The van der Waals surface area contributed by atoms with E-state index >= 15 is 0 Å². The minimum atomic E-state index is 1.08. The van der Waals surface area contributed by atoms with Crippen LogP contribution in [-0.4, -0.2) is 0 Å². The van der Waals surface area contributed by atoms with E-state index in [1.807, 2.05) is 25.1 Å². The molecule has 18 heavy (non-hydrogen) atoms. The molecule has 0 fully saturated rings. The van der Waals surface area contributed by atoms with Gasteiger partial charge in [0.15, 0.2) is 0 Å². The molecule has 0 N–H and O–H groups in total. The Morgan fingerprint density at radius 3 is 1.56 bits per heavy atom. The highest BCUT2D eigenvalue weighted by Crippen LogP contribution is 2.31. The highest BCUT2D eigenvalue weighted by Gasteiger charge is 2.13. The summed E-state index contributed by atoms with van der Waals surface area (Å²) in [4.78, 5) is 0. The van der Waals surface area contributed by atoms with Crippen molar-refractivity contribution in [3.05, 3.63) is 36.2 Å². The number of hydrogen-bond acceptors (Lipinski definition) is 2. The monoisotopic (exact) mass is 246 g/mol. The molecule has 0 radical (unpaired) electrons. The van der Waals surface area contributed by atoms with Gasteiger partial charge < -0.3 is 8.83 Å². The first-order valence-electron chi connectivity index (χ1n) is 6.97. The average Bonchev–Trinajstić information content (AvgIpc) is 3.01. The SMILES string of the molecule is CCCCc1cocc1-c1cocc1CCCC. The summed E-state index contributed by atoms with van der Waals surface area (Å²) in [5.74, 6) is 0. The summed E-state index contributed by atoms with van der Waals surface area (Å²) < 4.78 is 10.8. The summed E-state index contributed by atoms with van der Waals surface area (Å²) in [6.45, 7) is 4.43. The van der Waals surface area contributed by atoms with Crippen molar-refractivity contribution < 1.29 is 8.83 Å². The van der Waals surface area contributed by atoms with Crippen LogP contribution in [0.25, 0.3) is 11.1 Å². The predicted octanol–water partition coefficient (Wildman–Crippen LogP) is 5.22. The molecule has 2 heteroatoms. The molecule has 2 rings (SSSR count). The van der Waals surface area contributed by atoms with Crippen LogP contribution in [0.4, 0.5) is 0 Å². The normalized spacial score (nSPS) is 11.0. The first-order chi connectivity index (χ1) is 8.86. The fraction of sp³-hybridized carbons (Fsp3) is 0.500. The molecule has 0 amide bonds. The molecular weight excluding hydrogens is 224 g/mol. The van der Waals surface area contributed by atoms with E-state index in [2.05, 4.69) is 13.8 Å². The molecule has 0 aliphatic heterocycles. The van der Waals surface area contributed by atoms with E-state index < -0.39 is 0 Å². The Hall–Kier alpha value is -1.44. The van der Waals surface area contributed by atoms with Crippen molar-refractivity contribution in [2.45, 2.75) is 52.4 Å². The van der Waals surface area contributed by atoms with Crippen LogP contribution in [0.1, 0.15) is 50.7 Å². The molecule has 0 bridgehead atoms. The van der Waals surface area contributed by atoms with Crippen LogP contribution in [0.5, 0.6) is 0 Å². The highest BCUT2D eigenvalue weighted by atomic mass is 16.3. The summed E-state index contributed by atoms with van der Waals surface area (Å²) in [5.41, 5.74) is 5.03. The van der Waals surface area contributed by atoms with E-state index in [0.717, 1.165) is 12.8 Å². The first kappa shape index (κ1) is 13.0. The van der Waals surface area contributed by atoms with Gasteiger partial charge in [0, 0.05) is 11.1 Å². The first-order valence-corrected chi connectivity index (χ1v) is 6.97. The van der Waals surface area contributed by atoms with Crippen molar-refractivity contribution in [2.75, 3.05) is 0 Å². The maximum atomic E-state index is 5.38. The molecule has 0 aromatic carbocycles. The van der Waals surface area contributed by atoms with E-state index in [9.17, 15) is 0 Å². The second-order valence-corrected chi connectivity index (χ2v) is 4.83. The quantitative estimate of drug-likeness (QED) is 0.669. The Morgan fingerprint density at radius 1 is 0.722 bits per heavy atom. The minimum Gasteiger partial charge on any atom is -0.472 e. The van der Waals surface area contributed by atoms with Gasteiger partial charge in [-0.25, -0.2) is 0 Å². The van der Waals surface area contributed by atoms with Gasteiger partial charge in [0.25, 0.3) is 0 Å². The molecule has 0 saturated carbocycles. The number of aryl methyl sites for hydroxylation is 2. The van der Waals surface area contributed by atoms with Crippen LogP contribution in [-0.2, 0) is 12.8 Å². The zero-order valence-corrected chi connectivity index (χ0v) is 11.4. The number of unbranched alkanes of at least 4 members (excludes halogenated alkanes) is 2. The maximum Gasteiger partial charge on any atom is 0.0985 e. The third kappa shape index (κ3) is 2.87. The number of hydrogen-bond donors (Lipinski definition) is 0. The van der Waals surface area contributed by atoms with Crippen molar-refractivity contribution in [3.8, 4) is 11.1 Å². The molecule has 0 aliphatic rings. The lowest BCUT2D eigenvalue weighted by molar-refractivity contribution is 0.561. The van der Waals surface area contributed by atoms with Gasteiger partial charge in [-0.15, -0.1) is 0 Å². The van der Waals surface area contributed by atoms with Gasteiger partial charge in [0.2, 0.25) is 0 Å². The minimum absolute atomic E-state index is 1.08. The van der Waals surface area contributed by atoms with Crippen molar-refractivity contribution >= 4 is 0 Å². The summed E-state index contributed by atoms with van der Waals surface area (Å²) >= 11 is 0. The van der Waals surface area contributed by atoms with Gasteiger partial charge in [-0.05, 0) is 36.8 Å². The standard InChI is InChI=1S/C16H22O2/c1-3-5-7-13-9-17-11-15(13)16-12-18-10-14(16)8-6-4-2/h9-12H,3-8H2,1-2H3. The smallest absolute Gasteiger partial charge is 0.0985 e. The van der Waals surface area contributed by atoms with Crippen molar-refractivity contribution in [2.24, 2.45) is 0 Å². The molecule has 2 aromatic heterocycles. The van der Waals surface area contributed by atoms with Gasteiger partial charge in [-0.3, -0.25) is 0 Å². The zero-order chi connectivity index (χ0) is 12.8. The summed E-state index contributed by atoms with van der Waals surface area (Å²) in [6.07, 6.45) is 14.4.